The third-order valence-electron chi connectivity index (χ3n) is 3.22. The lowest BCUT2D eigenvalue weighted by Gasteiger charge is -2.26. The molecule has 1 aromatic carbocycles. The summed E-state index contributed by atoms with van der Waals surface area (Å²) >= 11 is 0. The number of aryl methyl sites for hydroxylation is 1. The molecule has 1 aromatic rings. The minimum Gasteiger partial charge on any atom is -0.353 e. The van der Waals surface area contributed by atoms with Crippen molar-refractivity contribution in [1.29, 1.82) is 0 Å². The average molecular weight is 217 g/mol. The Morgan fingerprint density at radius 1 is 1.31 bits per heavy atom. The lowest BCUT2D eigenvalue weighted by Crippen LogP contribution is -2.40. The standard InChI is InChI=1S/C14H19NO/c1-10(2)14(16)15-13-8-7-11-5-3-4-6-12(11)9-13/h3-6,10,13H,7-9H2,1-2H3,(H,15,16)/t13-/m1/s1. The second kappa shape index (κ2) is 4.69. The first-order chi connectivity index (χ1) is 7.66. The topological polar surface area (TPSA) is 29.1 Å². The molecule has 0 radical (unpaired) electrons. The van der Waals surface area contributed by atoms with Crippen LogP contribution in [0.5, 0.6) is 0 Å². The summed E-state index contributed by atoms with van der Waals surface area (Å²) in [6.07, 6.45) is 3.13. The van der Waals surface area contributed by atoms with E-state index in [1.54, 1.807) is 0 Å². The van der Waals surface area contributed by atoms with Gasteiger partial charge >= 0.3 is 0 Å². The van der Waals surface area contributed by atoms with E-state index < -0.39 is 0 Å². The summed E-state index contributed by atoms with van der Waals surface area (Å²) in [5.41, 5.74) is 2.83. The third-order valence-corrected chi connectivity index (χ3v) is 3.22. The van der Waals surface area contributed by atoms with Crippen LogP contribution in [0.15, 0.2) is 24.3 Å². The number of amides is 1. The number of benzene rings is 1. The molecule has 0 saturated heterocycles. The monoisotopic (exact) mass is 217 g/mol. The van der Waals surface area contributed by atoms with Crippen molar-refractivity contribution < 1.29 is 4.79 Å². The zero-order valence-electron chi connectivity index (χ0n) is 9.99. The van der Waals surface area contributed by atoms with E-state index in [0.29, 0.717) is 6.04 Å². The number of carbonyl (C=O) groups excluding carboxylic acids is 1. The second-order valence-corrected chi connectivity index (χ2v) is 4.87. The summed E-state index contributed by atoms with van der Waals surface area (Å²) in [6, 6.07) is 8.85. The molecular formula is C14H19NO. The van der Waals surface area contributed by atoms with Gasteiger partial charge in [-0.15, -0.1) is 0 Å². The highest BCUT2D eigenvalue weighted by atomic mass is 16.1. The molecular weight excluding hydrogens is 198 g/mol. The van der Waals surface area contributed by atoms with Gasteiger partial charge in [0, 0.05) is 12.0 Å². The summed E-state index contributed by atoms with van der Waals surface area (Å²) in [6.45, 7) is 3.87. The van der Waals surface area contributed by atoms with Crippen molar-refractivity contribution in [2.75, 3.05) is 0 Å². The molecule has 0 spiro atoms. The van der Waals surface area contributed by atoms with Gasteiger partial charge in [-0.3, -0.25) is 4.79 Å². The lowest BCUT2D eigenvalue weighted by molar-refractivity contribution is -0.124. The van der Waals surface area contributed by atoms with Gasteiger partial charge in [0.05, 0.1) is 0 Å². The smallest absolute Gasteiger partial charge is 0.222 e. The van der Waals surface area contributed by atoms with Gasteiger partial charge in [0.2, 0.25) is 5.91 Å². The van der Waals surface area contributed by atoms with E-state index in [1.807, 2.05) is 13.8 Å². The molecule has 16 heavy (non-hydrogen) atoms. The molecule has 2 nitrogen and oxygen atoms in total. The molecule has 1 aliphatic carbocycles. The van der Waals surface area contributed by atoms with Crippen LogP contribution in [0.4, 0.5) is 0 Å². The molecule has 0 aliphatic heterocycles. The number of nitrogens with one attached hydrogen (secondary N) is 1. The van der Waals surface area contributed by atoms with Crippen molar-refractivity contribution in [1.82, 2.24) is 5.32 Å². The van der Waals surface area contributed by atoms with E-state index >= 15 is 0 Å². The molecule has 0 fully saturated rings. The SMILES string of the molecule is CC(C)C(=O)N[C@@H]1CCc2ccccc2C1. The molecule has 2 rings (SSSR count). The summed E-state index contributed by atoms with van der Waals surface area (Å²) in [5.74, 6) is 0.251. The van der Waals surface area contributed by atoms with E-state index in [4.69, 9.17) is 0 Å². The molecule has 86 valence electrons. The lowest BCUT2D eigenvalue weighted by atomic mass is 9.88. The fourth-order valence-electron chi connectivity index (χ4n) is 2.19. The van der Waals surface area contributed by atoms with Gasteiger partial charge in [-0.25, -0.2) is 0 Å². The Balaban J connectivity index is 2.00. The summed E-state index contributed by atoms with van der Waals surface area (Å²) in [5, 5.41) is 3.12. The van der Waals surface area contributed by atoms with Gasteiger partial charge in [-0.1, -0.05) is 38.1 Å². The summed E-state index contributed by atoms with van der Waals surface area (Å²) in [4.78, 5) is 11.6. The molecule has 1 amide bonds. The van der Waals surface area contributed by atoms with Gasteiger partial charge < -0.3 is 5.32 Å². The zero-order valence-corrected chi connectivity index (χ0v) is 9.99. The van der Waals surface area contributed by atoms with Crippen LogP contribution in [0.2, 0.25) is 0 Å². The molecule has 2 heteroatoms. The molecule has 1 N–H and O–H groups in total. The first-order valence-electron chi connectivity index (χ1n) is 6.04. The second-order valence-electron chi connectivity index (χ2n) is 4.87. The number of fused-ring (bicyclic) bond motifs is 1. The maximum atomic E-state index is 11.6. The molecule has 0 bridgehead atoms. The first-order valence-corrected chi connectivity index (χ1v) is 6.04. The van der Waals surface area contributed by atoms with Gasteiger partial charge in [-0.2, -0.15) is 0 Å². The number of carbonyl (C=O) groups is 1. The molecule has 1 atom stereocenters. The predicted octanol–water partition coefficient (Wildman–Crippen LogP) is 2.32. The molecule has 1 aliphatic rings. The van der Waals surface area contributed by atoms with Crippen LogP contribution >= 0.6 is 0 Å². The van der Waals surface area contributed by atoms with Crippen LogP contribution in [-0.2, 0) is 17.6 Å². The van der Waals surface area contributed by atoms with Crippen LogP contribution in [0.3, 0.4) is 0 Å². The average Bonchev–Trinajstić information content (AvgIpc) is 2.28. The van der Waals surface area contributed by atoms with E-state index in [0.717, 1.165) is 19.3 Å². The summed E-state index contributed by atoms with van der Waals surface area (Å²) < 4.78 is 0. The van der Waals surface area contributed by atoms with Crippen molar-refractivity contribution in [2.24, 2.45) is 5.92 Å². The molecule has 0 unspecified atom stereocenters. The van der Waals surface area contributed by atoms with E-state index in [2.05, 4.69) is 29.6 Å². The van der Waals surface area contributed by atoms with Crippen molar-refractivity contribution >= 4 is 5.91 Å². The van der Waals surface area contributed by atoms with Crippen molar-refractivity contribution in [2.45, 2.75) is 39.2 Å². The maximum absolute atomic E-state index is 11.6. The van der Waals surface area contributed by atoms with Crippen LogP contribution in [0.25, 0.3) is 0 Å². The molecule has 0 aromatic heterocycles. The number of rotatable bonds is 2. The van der Waals surface area contributed by atoms with Crippen LogP contribution in [-0.4, -0.2) is 11.9 Å². The number of hydrogen-bond donors (Lipinski definition) is 1. The van der Waals surface area contributed by atoms with Gasteiger partial charge in [0.25, 0.3) is 0 Å². The largest absolute Gasteiger partial charge is 0.353 e. The van der Waals surface area contributed by atoms with E-state index in [1.165, 1.54) is 11.1 Å². The van der Waals surface area contributed by atoms with Crippen molar-refractivity contribution in [3.05, 3.63) is 35.4 Å². The maximum Gasteiger partial charge on any atom is 0.222 e. The quantitative estimate of drug-likeness (QED) is 0.809. The highest BCUT2D eigenvalue weighted by Gasteiger charge is 2.20. The van der Waals surface area contributed by atoms with Crippen molar-refractivity contribution in [3.8, 4) is 0 Å². The molecule has 0 saturated carbocycles. The van der Waals surface area contributed by atoms with Crippen LogP contribution < -0.4 is 5.32 Å². The zero-order chi connectivity index (χ0) is 11.5. The Morgan fingerprint density at radius 2 is 2.00 bits per heavy atom. The minimum absolute atomic E-state index is 0.0807. The fraction of sp³-hybridized carbons (Fsp3) is 0.500. The summed E-state index contributed by atoms with van der Waals surface area (Å²) in [7, 11) is 0. The van der Waals surface area contributed by atoms with Gasteiger partial charge in [-0.05, 0) is 30.4 Å². The highest BCUT2D eigenvalue weighted by molar-refractivity contribution is 5.78. The predicted molar refractivity (Wildman–Crippen MR) is 65.2 cm³/mol. The Bertz CT molecular complexity index is 384. The minimum atomic E-state index is 0.0807. The van der Waals surface area contributed by atoms with Gasteiger partial charge in [0.15, 0.2) is 0 Å². The van der Waals surface area contributed by atoms with E-state index in [-0.39, 0.29) is 11.8 Å². The molecule has 0 heterocycles. The van der Waals surface area contributed by atoms with Crippen LogP contribution in [0.1, 0.15) is 31.4 Å². The van der Waals surface area contributed by atoms with Gasteiger partial charge in [0.1, 0.15) is 0 Å². The van der Waals surface area contributed by atoms with E-state index in [9.17, 15) is 4.79 Å². The fourth-order valence-corrected chi connectivity index (χ4v) is 2.19. The first kappa shape index (κ1) is 11.2. The Kier molecular flexibility index (Phi) is 3.28. The van der Waals surface area contributed by atoms with Crippen molar-refractivity contribution in [3.63, 3.8) is 0 Å². The number of hydrogen-bond acceptors (Lipinski definition) is 1. The Hall–Kier alpha value is -1.31. The highest BCUT2D eigenvalue weighted by Crippen LogP contribution is 2.21. The third kappa shape index (κ3) is 2.43. The Labute approximate surface area is 97.1 Å². The Morgan fingerprint density at radius 3 is 2.69 bits per heavy atom. The normalized spacial score (nSPS) is 19.3. The van der Waals surface area contributed by atoms with Crippen LogP contribution in [0, 0.1) is 5.92 Å².